The lowest BCUT2D eigenvalue weighted by molar-refractivity contribution is -0.127. The zero-order chi connectivity index (χ0) is 22.1. The molecule has 164 valence electrons. The third kappa shape index (κ3) is 4.70. The zero-order valence-electron chi connectivity index (χ0n) is 17.3. The van der Waals surface area contributed by atoms with E-state index in [4.69, 9.17) is 20.9 Å². The summed E-state index contributed by atoms with van der Waals surface area (Å²) < 4.78 is 11.3. The van der Waals surface area contributed by atoms with Crippen LogP contribution in [0.2, 0.25) is 6.32 Å². The van der Waals surface area contributed by atoms with Gasteiger partial charge in [0.25, 0.3) is 0 Å². The summed E-state index contributed by atoms with van der Waals surface area (Å²) >= 11 is 0. The molecule has 3 rings (SSSR count). The van der Waals surface area contributed by atoms with Crippen molar-refractivity contribution in [2.75, 3.05) is 32.7 Å². The number of carbonyl (C=O) groups is 2. The lowest BCUT2D eigenvalue weighted by Gasteiger charge is -2.42. The van der Waals surface area contributed by atoms with Crippen LogP contribution < -0.4 is 26.2 Å². The zero-order valence-corrected chi connectivity index (χ0v) is 17.3. The fourth-order valence-corrected chi connectivity index (χ4v) is 3.84. The van der Waals surface area contributed by atoms with E-state index in [-0.39, 0.29) is 35.0 Å². The maximum atomic E-state index is 12.1. The number of likely N-dealkylation sites (tertiary alicyclic amines) is 1. The van der Waals surface area contributed by atoms with Crippen LogP contribution in [0.4, 0.5) is 0 Å². The SMILES string of the molecule is C[C@H]1CB(O)Oc2c1ccc(OC1CN(C[C@](C)(N)C(=O)NCCN)C1)c2C(=O)O. The molecule has 1 amide bonds. The van der Waals surface area contributed by atoms with Crippen LogP contribution in [0.1, 0.15) is 35.7 Å². The van der Waals surface area contributed by atoms with E-state index >= 15 is 0 Å². The number of nitrogens with two attached hydrogens (primary N) is 2. The Kier molecular flexibility index (Phi) is 6.56. The molecule has 0 aliphatic carbocycles. The largest absolute Gasteiger partial charge is 0.535 e. The van der Waals surface area contributed by atoms with Crippen molar-refractivity contribution in [2.24, 2.45) is 11.5 Å². The standard InChI is InChI=1S/C19H29BN4O6/c1-11-7-20(28)30-16-13(11)3-4-14(15(16)17(25)26)29-12-8-24(9-12)10-19(2,22)18(27)23-6-5-21/h3-4,11-12,28H,5-10,21-22H2,1-2H3,(H,23,27)(H,25,26)/t11-,19-/m0/s1. The summed E-state index contributed by atoms with van der Waals surface area (Å²) in [5.74, 6) is -1.12. The Balaban J connectivity index is 1.64. The van der Waals surface area contributed by atoms with Crippen molar-refractivity contribution in [2.45, 2.75) is 37.7 Å². The molecule has 2 atom stereocenters. The van der Waals surface area contributed by atoms with Crippen molar-refractivity contribution in [3.05, 3.63) is 23.3 Å². The summed E-state index contributed by atoms with van der Waals surface area (Å²) in [4.78, 5) is 26.0. The highest BCUT2D eigenvalue weighted by atomic mass is 16.5. The Morgan fingerprint density at radius 3 is 2.77 bits per heavy atom. The Morgan fingerprint density at radius 1 is 1.43 bits per heavy atom. The minimum atomic E-state index is -1.18. The maximum absolute atomic E-state index is 12.1. The normalized spacial score (nSPS) is 21.1. The molecule has 0 bridgehead atoms. The molecule has 2 aliphatic heterocycles. The van der Waals surface area contributed by atoms with E-state index in [2.05, 4.69) is 5.32 Å². The molecule has 1 saturated heterocycles. The number of aromatic carboxylic acids is 1. The average molecular weight is 420 g/mol. The summed E-state index contributed by atoms with van der Waals surface area (Å²) in [6.07, 6.45) is 0.163. The number of nitrogens with zero attached hydrogens (tertiary/aromatic N) is 1. The molecule has 1 fully saturated rings. The number of nitrogens with one attached hydrogen (secondary N) is 1. The van der Waals surface area contributed by atoms with Crippen molar-refractivity contribution >= 4 is 19.0 Å². The molecular formula is C19H29BN4O6. The number of ether oxygens (including phenoxy) is 1. The highest BCUT2D eigenvalue weighted by Gasteiger charge is 2.39. The molecule has 7 N–H and O–H groups in total. The molecule has 0 aromatic heterocycles. The highest BCUT2D eigenvalue weighted by molar-refractivity contribution is 6.44. The quantitative estimate of drug-likeness (QED) is 0.340. The van der Waals surface area contributed by atoms with Crippen LogP contribution >= 0.6 is 0 Å². The molecule has 0 spiro atoms. The van der Waals surface area contributed by atoms with Gasteiger partial charge in [-0.05, 0) is 24.5 Å². The Hall–Kier alpha value is -2.34. The molecule has 2 aliphatic rings. The van der Waals surface area contributed by atoms with Crippen LogP contribution in [0.3, 0.4) is 0 Å². The minimum Gasteiger partial charge on any atom is -0.535 e. The van der Waals surface area contributed by atoms with Gasteiger partial charge in [0.15, 0.2) is 0 Å². The molecule has 0 saturated carbocycles. The predicted octanol–water partition coefficient (Wildman–Crippen LogP) is -0.783. The van der Waals surface area contributed by atoms with Crippen molar-refractivity contribution < 1.29 is 29.1 Å². The fourth-order valence-electron chi connectivity index (χ4n) is 3.84. The van der Waals surface area contributed by atoms with Crippen molar-refractivity contribution in [3.8, 4) is 11.5 Å². The topological polar surface area (TPSA) is 160 Å². The van der Waals surface area contributed by atoms with Crippen molar-refractivity contribution in [1.82, 2.24) is 10.2 Å². The number of carbonyl (C=O) groups excluding carboxylic acids is 1. The molecular weight excluding hydrogens is 391 g/mol. The summed E-state index contributed by atoms with van der Waals surface area (Å²) in [7, 11) is -1.05. The van der Waals surface area contributed by atoms with E-state index in [1.54, 1.807) is 19.1 Å². The number of hydrogen-bond acceptors (Lipinski definition) is 8. The number of benzene rings is 1. The second-order valence-electron chi connectivity index (χ2n) is 8.27. The molecule has 0 radical (unpaired) electrons. The van der Waals surface area contributed by atoms with Crippen LogP contribution in [-0.4, -0.2) is 78.4 Å². The third-order valence-corrected chi connectivity index (χ3v) is 5.42. The summed E-state index contributed by atoms with van der Waals surface area (Å²) in [6, 6.07) is 3.42. The lowest BCUT2D eigenvalue weighted by atomic mass is 9.72. The number of rotatable bonds is 8. The van der Waals surface area contributed by atoms with Gasteiger partial charge in [0.2, 0.25) is 5.91 Å². The van der Waals surface area contributed by atoms with Crippen LogP contribution in [-0.2, 0) is 4.79 Å². The number of amides is 1. The number of fused-ring (bicyclic) bond motifs is 1. The van der Waals surface area contributed by atoms with Gasteiger partial charge in [-0.3, -0.25) is 9.69 Å². The van der Waals surface area contributed by atoms with Crippen LogP contribution in [0.15, 0.2) is 12.1 Å². The smallest absolute Gasteiger partial charge is 0.523 e. The third-order valence-electron chi connectivity index (χ3n) is 5.42. The highest BCUT2D eigenvalue weighted by Crippen LogP contribution is 2.42. The molecule has 1 aromatic carbocycles. The van der Waals surface area contributed by atoms with Crippen LogP contribution in [0, 0.1) is 0 Å². The Labute approximate surface area is 175 Å². The molecule has 0 unspecified atom stereocenters. The van der Waals surface area contributed by atoms with Gasteiger partial charge in [0, 0.05) is 39.0 Å². The van der Waals surface area contributed by atoms with Gasteiger partial charge >= 0.3 is 13.1 Å². The average Bonchev–Trinajstić information content (AvgIpc) is 2.63. The van der Waals surface area contributed by atoms with E-state index in [1.165, 1.54) is 0 Å². The van der Waals surface area contributed by atoms with Gasteiger partial charge in [-0.25, -0.2) is 4.79 Å². The molecule has 1 aromatic rings. The van der Waals surface area contributed by atoms with Gasteiger partial charge in [0.1, 0.15) is 28.7 Å². The second kappa shape index (κ2) is 8.80. The molecule has 10 nitrogen and oxygen atoms in total. The van der Waals surface area contributed by atoms with Gasteiger partial charge in [-0.1, -0.05) is 13.0 Å². The summed E-state index contributed by atoms with van der Waals surface area (Å²) in [5.41, 5.74) is 11.1. The van der Waals surface area contributed by atoms with Gasteiger partial charge in [0.05, 0.1) is 0 Å². The summed E-state index contributed by atoms with van der Waals surface area (Å²) in [6.45, 7) is 5.62. The first-order valence-electron chi connectivity index (χ1n) is 10.0. The van der Waals surface area contributed by atoms with E-state index in [9.17, 15) is 19.7 Å². The Bertz CT molecular complexity index is 814. The molecule has 2 heterocycles. The maximum Gasteiger partial charge on any atom is 0.523 e. The second-order valence-corrected chi connectivity index (χ2v) is 8.27. The van der Waals surface area contributed by atoms with Crippen molar-refractivity contribution in [3.63, 3.8) is 0 Å². The first-order valence-corrected chi connectivity index (χ1v) is 10.0. The monoisotopic (exact) mass is 420 g/mol. The van der Waals surface area contributed by atoms with E-state index in [0.717, 1.165) is 5.56 Å². The first-order chi connectivity index (χ1) is 14.1. The van der Waals surface area contributed by atoms with Crippen LogP contribution in [0.5, 0.6) is 11.5 Å². The van der Waals surface area contributed by atoms with Gasteiger partial charge in [-0.2, -0.15) is 0 Å². The predicted molar refractivity (Wildman–Crippen MR) is 111 cm³/mol. The van der Waals surface area contributed by atoms with Gasteiger partial charge in [-0.15, -0.1) is 0 Å². The fraction of sp³-hybridized carbons (Fsp3) is 0.579. The van der Waals surface area contributed by atoms with E-state index in [1.807, 2.05) is 11.8 Å². The molecule has 30 heavy (non-hydrogen) atoms. The van der Waals surface area contributed by atoms with Crippen molar-refractivity contribution in [1.29, 1.82) is 0 Å². The number of carboxylic acid groups (broad SMARTS) is 1. The first kappa shape index (κ1) is 22.4. The minimum absolute atomic E-state index is 0.0252. The lowest BCUT2D eigenvalue weighted by Crippen LogP contribution is -2.64. The number of carboxylic acids is 1. The summed E-state index contributed by atoms with van der Waals surface area (Å²) in [5, 5.41) is 22.3. The Morgan fingerprint density at radius 2 is 2.13 bits per heavy atom. The van der Waals surface area contributed by atoms with Crippen LogP contribution in [0.25, 0.3) is 0 Å². The van der Waals surface area contributed by atoms with Gasteiger partial charge < -0.3 is 36.3 Å². The molecule has 11 heteroatoms. The van der Waals surface area contributed by atoms with E-state index < -0.39 is 18.6 Å². The number of hydrogen-bond donors (Lipinski definition) is 5. The van der Waals surface area contributed by atoms with E-state index in [0.29, 0.717) is 39.0 Å².